The van der Waals surface area contributed by atoms with E-state index >= 15 is 0 Å². The average Bonchev–Trinajstić information content (AvgIpc) is 2.81. The predicted molar refractivity (Wildman–Crippen MR) is 95.3 cm³/mol. The zero-order valence-electron chi connectivity index (χ0n) is 13.6. The highest BCUT2D eigenvalue weighted by Crippen LogP contribution is 2.26. The number of benzene rings is 2. The van der Waals surface area contributed by atoms with Crippen LogP contribution in [0.5, 0.6) is 5.75 Å². The van der Waals surface area contributed by atoms with E-state index in [1.807, 2.05) is 12.3 Å². The van der Waals surface area contributed by atoms with E-state index in [-0.39, 0.29) is 5.75 Å². The van der Waals surface area contributed by atoms with Crippen LogP contribution < -0.4 is 0 Å². The van der Waals surface area contributed by atoms with Crippen molar-refractivity contribution in [2.75, 3.05) is 0 Å². The minimum Gasteiger partial charge on any atom is -0.506 e. The number of rotatable bonds is 3. The van der Waals surface area contributed by atoms with Crippen LogP contribution in [0.4, 0.5) is 5.69 Å². The van der Waals surface area contributed by atoms with Crippen LogP contribution in [0.25, 0.3) is 5.69 Å². The van der Waals surface area contributed by atoms with E-state index in [0.717, 1.165) is 22.6 Å². The van der Waals surface area contributed by atoms with Crippen molar-refractivity contribution in [1.82, 2.24) is 4.57 Å². The van der Waals surface area contributed by atoms with Crippen molar-refractivity contribution in [3.8, 4) is 11.4 Å². The van der Waals surface area contributed by atoms with Gasteiger partial charge in [0.25, 0.3) is 0 Å². The Morgan fingerprint density at radius 2 is 1.74 bits per heavy atom. The molecule has 1 heterocycles. The van der Waals surface area contributed by atoms with Crippen LogP contribution in [0, 0.1) is 20.8 Å². The summed E-state index contributed by atoms with van der Waals surface area (Å²) in [5.41, 5.74) is 6.31. The van der Waals surface area contributed by atoms with Crippen LogP contribution in [0.3, 0.4) is 0 Å². The van der Waals surface area contributed by atoms with E-state index in [1.54, 1.807) is 18.2 Å². The van der Waals surface area contributed by atoms with E-state index in [9.17, 15) is 5.11 Å². The first kappa shape index (κ1) is 15.1. The molecule has 0 aliphatic carbocycles. The van der Waals surface area contributed by atoms with Gasteiger partial charge in [-0.25, -0.2) is 0 Å². The lowest BCUT2D eigenvalue weighted by molar-refractivity contribution is 0.477. The van der Waals surface area contributed by atoms with Crippen molar-refractivity contribution in [1.29, 1.82) is 0 Å². The maximum atomic E-state index is 9.81. The third-order valence-electron chi connectivity index (χ3n) is 3.95. The van der Waals surface area contributed by atoms with E-state index in [4.69, 9.17) is 0 Å². The summed E-state index contributed by atoms with van der Waals surface area (Å²) in [7, 11) is 0. The fourth-order valence-corrected chi connectivity index (χ4v) is 2.80. The van der Waals surface area contributed by atoms with Gasteiger partial charge in [-0.3, -0.25) is 4.99 Å². The topological polar surface area (TPSA) is 37.5 Å². The van der Waals surface area contributed by atoms with Crippen molar-refractivity contribution in [2.24, 2.45) is 4.99 Å². The molecule has 0 bridgehead atoms. The largest absolute Gasteiger partial charge is 0.506 e. The zero-order valence-corrected chi connectivity index (χ0v) is 13.6. The van der Waals surface area contributed by atoms with Crippen LogP contribution in [-0.2, 0) is 0 Å². The lowest BCUT2D eigenvalue weighted by Gasteiger charge is -2.10. The average molecular weight is 304 g/mol. The second kappa shape index (κ2) is 6.13. The summed E-state index contributed by atoms with van der Waals surface area (Å²) in [6.07, 6.45) is 1.81. The van der Waals surface area contributed by atoms with Crippen molar-refractivity contribution in [3.63, 3.8) is 0 Å². The van der Waals surface area contributed by atoms with Gasteiger partial charge in [0, 0.05) is 28.9 Å². The number of phenolic OH excluding ortho intramolecular Hbond substituents is 1. The van der Waals surface area contributed by atoms with Crippen LogP contribution >= 0.6 is 0 Å². The monoisotopic (exact) mass is 304 g/mol. The van der Waals surface area contributed by atoms with Gasteiger partial charge in [0.2, 0.25) is 0 Å². The Bertz CT molecular complexity index is 875. The summed E-state index contributed by atoms with van der Waals surface area (Å²) >= 11 is 0. The van der Waals surface area contributed by atoms with Gasteiger partial charge in [-0.2, -0.15) is 0 Å². The number of aromatic hydroxyl groups is 1. The molecule has 0 radical (unpaired) electrons. The molecule has 1 aromatic heterocycles. The van der Waals surface area contributed by atoms with Gasteiger partial charge >= 0.3 is 0 Å². The smallest absolute Gasteiger partial charge is 0.141 e. The van der Waals surface area contributed by atoms with Gasteiger partial charge in [-0.15, -0.1) is 0 Å². The molecule has 3 nitrogen and oxygen atoms in total. The van der Waals surface area contributed by atoms with Crippen molar-refractivity contribution in [2.45, 2.75) is 20.8 Å². The predicted octanol–water partition coefficient (Wildman–Crippen LogP) is 4.86. The Labute approximate surface area is 136 Å². The molecule has 0 aliphatic rings. The normalized spacial score (nSPS) is 11.3. The minimum atomic E-state index is 0.191. The second-order valence-electron chi connectivity index (χ2n) is 5.75. The molecule has 3 rings (SSSR count). The molecule has 3 aromatic rings. The zero-order chi connectivity index (χ0) is 16.4. The molecule has 0 saturated heterocycles. The molecule has 1 N–H and O–H groups in total. The van der Waals surface area contributed by atoms with E-state index < -0.39 is 0 Å². The number of aromatic nitrogens is 1. The first-order valence-corrected chi connectivity index (χ1v) is 7.64. The molecule has 3 heteroatoms. The maximum Gasteiger partial charge on any atom is 0.141 e. The van der Waals surface area contributed by atoms with Gasteiger partial charge in [0.05, 0.1) is 0 Å². The Kier molecular flexibility index (Phi) is 4.02. The highest BCUT2D eigenvalue weighted by Gasteiger charge is 2.09. The van der Waals surface area contributed by atoms with Gasteiger partial charge in [-0.1, -0.05) is 24.3 Å². The quantitative estimate of drug-likeness (QED) is 0.689. The third-order valence-corrected chi connectivity index (χ3v) is 3.95. The molecule has 2 aromatic carbocycles. The van der Waals surface area contributed by atoms with Crippen LogP contribution in [-0.4, -0.2) is 15.9 Å². The minimum absolute atomic E-state index is 0.191. The SMILES string of the molecule is Cc1cccc(-n2c(C)cc(C=Nc3ccccc3O)c2C)c1. The van der Waals surface area contributed by atoms with Crippen LogP contribution in [0.1, 0.15) is 22.5 Å². The molecular weight excluding hydrogens is 284 g/mol. The first-order chi connectivity index (χ1) is 11.1. The number of para-hydroxylation sites is 2. The summed E-state index contributed by atoms with van der Waals surface area (Å²) in [6, 6.07) is 17.6. The first-order valence-electron chi connectivity index (χ1n) is 7.64. The van der Waals surface area contributed by atoms with Crippen molar-refractivity contribution >= 4 is 11.9 Å². The van der Waals surface area contributed by atoms with Gasteiger partial charge < -0.3 is 9.67 Å². The third kappa shape index (κ3) is 3.04. The molecule has 0 atom stereocenters. The molecule has 0 unspecified atom stereocenters. The number of aliphatic imine (C=N–C) groups is 1. The van der Waals surface area contributed by atoms with Gasteiger partial charge in [-0.05, 0) is 56.7 Å². The molecule has 0 aliphatic heterocycles. The van der Waals surface area contributed by atoms with Crippen molar-refractivity contribution < 1.29 is 5.11 Å². The number of hydrogen-bond acceptors (Lipinski definition) is 2. The lowest BCUT2D eigenvalue weighted by atomic mass is 10.2. The fourth-order valence-electron chi connectivity index (χ4n) is 2.80. The van der Waals surface area contributed by atoms with Crippen molar-refractivity contribution in [3.05, 3.63) is 77.1 Å². The highest BCUT2D eigenvalue weighted by molar-refractivity contribution is 5.84. The Hall–Kier alpha value is -2.81. The second-order valence-corrected chi connectivity index (χ2v) is 5.75. The number of nitrogens with zero attached hydrogens (tertiary/aromatic N) is 2. The Morgan fingerprint density at radius 1 is 0.957 bits per heavy atom. The lowest BCUT2D eigenvalue weighted by Crippen LogP contribution is -1.99. The summed E-state index contributed by atoms with van der Waals surface area (Å²) in [4.78, 5) is 4.41. The summed E-state index contributed by atoms with van der Waals surface area (Å²) in [5.74, 6) is 0.191. The Morgan fingerprint density at radius 3 is 2.48 bits per heavy atom. The number of hydrogen-bond donors (Lipinski definition) is 1. The molecule has 116 valence electrons. The Balaban J connectivity index is 2.00. The standard InChI is InChI=1S/C20H20N2O/c1-14-7-6-8-18(11-14)22-15(2)12-17(16(22)3)13-21-19-9-4-5-10-20(19)23/h4-13,23H,1-3H3. The summed E-state index contributed by atoms with van der Waals surface area (Å²) < 4.78 is 2.22. The van der Waals surface area contributed by atoms with Crippen LogP contribution in [0.2, 0.25) is 0 Å². The van der Waals surface area contributed by atoms with E-state index in [2.05, 4.69) is 60.7 Å². The summed E-state index contributed by atoms with van der Waals surface area (Å²) in [5, 5.41) is 9.81. The fraction of sp³-hybridized carbons (Fsp3) is 0.150. The van der Waals surface area contributed by atoms with Gasteiger partial charge in [0.15, 0.2) is 0 Å². The number of aryl methyl sites for hydroxylation is 2. The van der Waals surface area contributed by atoms with Crippen LogP contribution in [0.15, 0.2) is 59.6 Å². The van der Waals surface area contributed by atoms with E-state index in [0.29, 0.717) is 5.69 Å². The van der Waals surface area contributed by atoms with E-state index in [1.165, 1.54) is 5.56 Å². The maximum absolute atomic E-state index is 9.81. The molecule has 0 fully saturated rings. The summed E-state index contributed by atoms with van der Waals surface area (Å²) in [6.45, 7) is 6.27. The molecule has 0 spiro atoms. The highest BCUT2D eigenvalue weighted by atomic mass is 16.3. The molecule has 23 heavy (non-hydrogen) atoms. The van der Waals surface area contributed by atoms with Gasteiger partial charge in [0.1, 0.15) is 11.4 Å². The molecule has 0 saturated carbocycles. The molecule has 0 amide bonds. The number of phenols is 1. The molecular formula is C20H20N2O.